The summed E-state index contributed by atoms with van der Waals surface area (Å²) in [7, 11) is 0. The van der Waals surface area contributed by atoms with E-state index in [1.807, 2.05) is 0 Å². The number of aliphatic hydroxyl groups is 1. The van der Waals surface area contributed by atoms with Crippen molar-refractivity contribution in [2.75, 3.05) is 33.0 Å². The molecule has 104 valence electrons. The van der Waals surface area contributed by atoms with E-state index in [0.717, 1.165) is 0 Å². The number of hydrogen-bond acceptors (Lipinski definition) is 5. The Morgan fingerprint density at radius 2 is 2.11 bits per heavy atom. The number of carbonyl (C=O) groups excluding carboxylic acids is 1. The van der Waals surface area contributed by atoms with E-state index in [1.54, 1.807) is 6.92 Å². The molecule has 0 spiro atoms. The van der Waals surface area contributed by atoms with Crippen molar-refractivity contribution in [3.05, 3.63) is 0 Å². The second-order valence-electron chi connectivity index (χ2n) is 5.56. The first-order valence-electron chi connectivity index (χ1n) is 6.38. The summed E-state index contributed by atoms with van der Waals surface area (Å²) in [4.78, 5) is 12.1. The first-order chi connectivity index (χ1) is 8.46. The van der Waals surface area contributed by atoms with Crippen LogP contribution >= 0.6 is 0 Å². The molecule has 2 aliphatic heterocycles. The molecule has 4 N–H and O–H groups in total. The van der Waals surface area contributed by atoms with Crippen LogP contribution in [-0.2, 0) is 14.3 Å². The van der Waals surface area contributed by atoms with Crippen LogP contribution in [0.4, 0.5) is 0 Å². The third-order valence-electron chi connectivity index (χ3n) is 4.04. The van der Waals surface area contributed by atoms with Gasteiger partial charge in [0.15, 0.2) is 0 Å². The van der Waals surface area contributed by atoms with Crippen LogP contribution in [0, 0.1) is 5.41 Å². The van der Waals surface area contributed by atoms with Crippen LogP contribution < -0.4 is 11.1 Å². The van der Waals surface area contributed by atoms with E-state index in [2.05, 4.69) is 5.32 Å². The average Bonchev–Trinajstić information content (AvgIpc) is 2.69. The van der Waals surface area contributed by atoms with Crippen molar-refractivity contribution in [3.63, 3.8) is 0 Å². The zero-order valence-electron chi connectivity index (χ0n) is 10.8. The van der Waals surface area contributed by atoms with Gasteiger partial charge >= 0.3 is 0 Å². The molecule has 0 radical (unpaired) electrons. The maximum Gasteiger partial charge on any atom is 0.230 e. The third-order valence-corrected chi connectivity index (χ3v) is 4.04. The maximum absolute atomic E-state index is 12.1. The Balaban J connectivity index is 1.88. The molecule has 0 aromatic rings. The number of nitrogens with two attached hydrogens (primary N) is 1. The minimum atomic E-state index is -0.853. The lowest BCUT2D eigenvalue weighted by atomic mass is 9.84. The summed E-state index contributed by atoms with van der Waals surface area (Å²) in [5.74, 6) is -0.146. The number of amides is 1. The van der Waals surface area contributed by atoms with Crippen molar-refractivity contribution in [2.45, 2.75) is 31.4 Å². The van der Waals surface area contributed by atoms with E-state index in [0.29, 0.717) is 39.3 Å². The maximum atomic E-state index is 12.1. The predicted molar refractivity (Wildman–Crippen MR) is 64.9 cm³/mol. The predicted octanol–water partition coefficient (Wildman–Crippen LogP) is -0.992. The molecular weight excluding hydrogens is 236 g/mol. The van der Waals surface area contributed by atoms with Gasteiger partial charge in [-0.05, 0) is 6.92 Å². The van der Waals surface area contributed by atoms with Crippen molar-refractivity contribution in [1.29, 1.82) is 0 Å². The van der Waals surface area contributed by atoms with Crippen LogP contribution in [0.3, 0.4) is 0 Å². The monoisotopic (exact) mass is 258 g/mol. The fourth-order valence-corrected chi connectivity index (χ4v) is 2.30. The normalized spacial score (nSPS) is 35.4. The van der Waals surface area contributed by atoms with E-state index in [9.17, 15) is 9.90 Å². The molecule has 18 heavy (non-hydrogen) atoms. The highest BCUT2D eigenvalue weighted by molar-refractivity contribution is 5.83. The Bertz CT molecular complexity index is 317. The first-order valence-corrected chi connectivity index (χ1v) is 6.38. The number of carbonyl (C=O) groups is 1. The summed E-state index contributed by atoms with van der Waals surface area (Å²) >= 11 is 0. The average molecular weight is 258 g/mol. The van der Waals surface area contributed by atoms with Crippen molar-refractivity contribution >= 4 is 5.91 Å². The van der Waals surface area contributed by atoms with Crippen molar-refractivity contribution in [3.8, 4) is 0 Å². The molecular formula is C12H22N2O4. The molecule has 6 nitrogen and oxygen atoms in total. The van der Waals surface area contributed by atoms with Gasteiger partial charge in [-0.2, -0.15) is 0 Å². The quantitative estimate of drug-likeness (QED) is 0.604. The molecule has 2 aliphatic rings. The van der Waals surface area contributed by atoms with Crippen molar-refractivity contribution in [2.24, 2.45) is 11.1 Å². The van der Waals surface area contributed by atoms with Gasteiger partial charge in [-0.1, -0.05) is 0 Å². The Morgan fingerprint density at radius 1 is 1.44 bits per heavy atom. The third kappa shape index (κ3) is 2.66. The molecule has 2 unspecified atom stereocenters. The van der Waals surface area contributed by atoms with E-state index in [1.165, 1.54) is 0 Å². The van der Waals surface area contributed by atoms with Crippen molar-refractivity contribution in [1.82, 2.24) is 5.32 Å². The summed E-state index contributed by atoms with van der Waals surface area (Å²) in [6, 6.07) is -0.290. The number of rotatable bonds is 3. The molecule has 0 aromatic heterocycles. The van der Waals surface area contributed by atoms with Gasteiger partial charge in [0, 0.05) is 38.6 Å². The molecule has 0 saturated carbocycles. The lowest BCUT2D eigenvalue weighted by Crippen LogP contribution is -2.54. The lowest BCUT2D eigenvalue weighted by molar-refractivity contribution is -0.133. The van der Waals surface area contributed by atoms with Gasteiger partial charge < -0.3 is 25.6 Å². The topological polar surface area (TPSA) is 93.8 Å². The van der Waals surface area contributed by atoms with Gasteiger partial charge in [0.25, 0.3) is 0 Å². The SMILES string of the molecule is CC1(C(=O)NCC2(O)CCOCC2)COCC1N. The Kier molecular flexibility index (Phi) is 3.91. The summed E-state index contributed by atoms with van der Waals surface area (Å²) in [5.41, 5.74) is 4.34. The van der Waals surface area contributed by atoms with Crippen LogP contribution in [0.15, 0.2) is 0 Å². The standard InChI is InChI=1S/C12H22N2O4/c1-11(8-18-6-9(11)13)10(15)14-7-12(16)2-4-17-5-3-12/h9,16H,2-8,13H2,1H3,(H,14,15). The van der Waals surface area contributed by atoms with Crippen LogP contribution in [0.1, 0.15) is 19.8 Å². The minimum absolute atomic E-state index is 0.146. The zero-order chi connectivity index (χ0) is 13.2. The molecule has 6 heteroatoms. The Morgan fingerprint density at radius 3 is 2.67 bits per heavy atom. The van der Waals surface area contributed by atoms with Crippen LogP contribution in [-0.4, -0.2) is 55.6 Å². The van der Waals surface area contributed by atoms with E-state index >= 15 is 0 Å². The lowest BCUT2D eigenvalue weighted by Gasteiger charge is -2.34. The van der Waals surface area contributed by atoms with Crippen LogP contribution in [0.25, 0.3) is 0 Å². The van der Waals surface area contributed by atoms with Gasteiger partial charge in [-0.15, -0.1) is 0 Å². The van der Waals surface area contributed by atoms with E-state index in [-0.39, 0.29) is 18.5 Å². The zero-order valence-corrected chi connectivity index (χ0v) is 10.8. The van der Waals surface area contributed by atoms with Gasteiger partial charge in [0.05, 0.1) is 24.2 Å². The van der Waals surface area contributed by atoms with E-state index in [4.69, 9.17) is 15.2 Å². The van der Waals surface area contributed by atoms with Gasteiger partial charge in [0.2, 0.25) is 5.91 Å². The van der Waals surface area contributed by atoms with Gasteiger partial charge in [0.1, 0.15) is 0 Å². The molecule has 2 saturated heterocycles. The highest BCUT2D eigenvalue weighted by atomic mass is 16.5. The highest BCUT2D eigenvalue weighted by Crippen LogP contribution is 2.27. The smallest absolute Gasteiger partial charge is 0.230 e. The molecule has 0 bridgehead atoms. The number of ether oxygens (including phenoxy) is 2. The molecule has 2 rings (SSSR count). The van der Waals surface area contributed by atoms with Crippen LogP contribution in [0.2, 0.25) is 0 Å². The molecule has 2 fully saturated rings. The van der Waals surface area contributed by atoms with Gasteiger partial charge in [-0.25, -0.2) is 0 Å². The summed E-state index contributed by atoms with van der Waals surface area (Å²) < 4.78 is 10.4. The second kappa shape index (κ2) is 5.13. The largest absolute Gasteiger partial charge is 0.388 e. The summed E-state index contributed by atoms with van der Waals surface area (Å²) in [6.07, 6.45) is 1.10. The summed E-state index contributed by atoms with van der Waals surface area (Å²) in [5, 5.41) is 13.1. The fourth-order valence-electron chi connectivity index (χ4n) is 2.30. The van der Waals surface area contributed by atoms with Crippen molar-refractivity contribution < 1.29 is 19.4 Å². The highest BCUT2D eigenvalue weighted by Gasteiger charge is 2.45. The molecule has 0 aromatic carbocycles. The minimum Gasteiger partial charge on any atom is -0.388 e. The Hall–Kier alpha value is -0.690. The number of hydrogen-bond donors (Lipinski definition) is 3. The molecule has 1 amide bonds. The molecule has 0 aliphatic carbocycles. The number of nitrogens with one attached hydrogen (secondary N) is 1. The first kappa shape index (κ1) is 13.7. The van der Waals surface area contributed by atoms with Gasteiger partial charge in [-0.3, -0.25) is 4.79 Å². The Labute approximate surface area is 107 Å². The molecule has 2 atom stereocenters. The molecule has 2 heterocycles. The summed E-state index contributed by atoms with van der Waals surface area (Å²) in [6.45, 7) is 3.85. The fraction of sp³-hybridized carbons (Fsp3) is 0.917. The van der Waals surface area contributed by atoms with Crippen LogP contribution in [0.5, 0.6) is 0 Å². The van der Waals surface area contributed by atoms with E-state index < -0.39 is 11.0 Å². The second-order valence-corrected chi connectivity index (χ2v) is 5.56.